The summed E-state index contributed by atoms with van der Waals surface area (Å²) in [5.74, 6) is 1.50. The fourth-order valence-corrected chi connectivity index (χ4v) is 3.45. The van der Waals surface area contributed by atoms with Gasteiger partial charge in [0.05, 0.1) is 36.6 Å². The maximum Gasteiger partial charge on any atom is 0.142 e. The molecule has 0 amide bonds. The summed E-state index contributed by atoms with van der Waals surface area (Å²) in [5, 5.41) is 7.58. The Hall–Kier alpha value is -4.13. The molecule has 0 bridgehead atoms. The van der Waals surface area contributed by atoms with Gasteiger partial charge in [-0.05, 0) is 42.0 Å². The Balaban J connectivity index is 1.49. The van der Waals surface area contributed by atoms with Gasteiger partial charge in [0.15, 0.2) is 0 Å². The lowest BCUT2D eigenvalue weighted by atomic mass is 10.1. The molecule has 148 valence electrons. The second-order valence-corrected chi connectivity index (χ2v) is 6.92. The Morgan fingerprint density at radius 3 is 2.70 bits per heavy atom. The fourth-order valence-electron chi connectivity index (χ4n) is 3.45. The summed E-state index contributed by atoms with van der Waals surface area (Å²) in [6.45, 7) is 0. The molecule has 0 saturated carbocycles. The number of benzene rings is 1. The Morgan fingerprint density at radius 1 is 0.967 bits per heavy atom. The number of imidazole rings is 1. The van der Waals surface area contributed by atoms with Crippen LogP contribution >= 0.6 is 0 Å². The van der Waals surface area contributed by atoms with Gasteiger partial charge < -0.3 is 10.1 Å². The average molecular weight is 396 g/mol. The van der Waals surface area contributed by atoms with Crippen LogP contribution in [0.3, 0.4) is 0 Å². The smallest absolute Gasteiger partial charge is 0.142 e. The SMILES string of the molecule is COc1ccccc1Nc1cccc(-c2cnc3cc(-c4cnn(C)c4)ccn23)n1. The van der Waals surface area contributed by atoms with Gasteiger partial charge in [-0.2, -0.15) is 5.10 Å². The quantitative estimate of drug-likeness (QED) is 0.472. The van der Waals surface area contributed by atoms with E-state index in [1.54, 1.807) is 11.8 Å². The molecular weight excluding hydrogens is 376 g/mol. The molecule has 4 aromatic heterocycles. The summed E-state index contributed by atoms with van der Waals surface area (Å²) in [5.41, 5.74) is 5.61. The zero-order valence-corrected chi connectivity index (χ0v) is 16.6. The highest BCUT2D eigenvalue weighted by atomic mass is 16.5. The van der Waals surface area contributed by atoms with Gasteiger partial charge in [0.2, 0.25) is 0 Å². The molecule has 0 unspecified atom stereocenters. The summed E-state index contributed by atoms with van der Waals surface area (Å²) >= 11 is 0. The minimum absolute atomic E-state index is 0.735. The van der Waals surface area contributed by atoms with E-state index in [9.17, 15) is 0 Å². The molecule has 0 saturated heterocycles. The number of pyridine rings is 2. The number of rotatable bonds is 5. The van der Waals surface area contributed by atoms with Gasteiger partial charge in [-0.3, -0.25) is 9.08 Å². The molecule has 7 heteroatoms. The predicted octanol–water partition coefficient (Wildman–Crippen LogP) is 4.55. The van der Waals surface area contributed by atoms with Crippen molar-refractivity contribution in [2.24, 2.45) is 7.05 Å². The number of fused-ring (bicyclic) bond motifs is 1. The molecule has 0 aliphatic carbocycles. The van der Waals surface area contributed by atoms with Crippen molar-refractivity contribution in [1.29, 1.82) is 0 Å². The van der Waals surface area contributed by atoms with Crippen LogP contribution in [-0.2, 0) is 7.05 Å². The topological polar surface area (TPSA) is 69.3 Å². The lowest BCUT2D eigenvalue weighted by molar-refractivity contribution is 0.417. The molecular formula is C23H20N6O. The van der Waals surface area contributed by atoms with Crippen LogP contribution in [0, 0.1) is 0 Å². The summed E-state index contributed by atoms with van der Waals surface area (Å²) in [6, 6.07) is 17.8. The number of hydrogen-bond acceptors (Lipinski definition) is 5. The van der Waals surface area contributed by atoms with Crippen LogP contribution in [0.1, 0.15) is 0 Å². The molecule has 7 nitrogen and oxygen atoms in total. The Morgan fingerprint density at radius 2 is 1.87 bits per heavy atom. The van der Waals surface area contributed by atoms with Crippen molar-refractivity contribution in [3.8, 4) is 28.3 Å². The molecule has 5 rings (SSSR count). The number of methoxy groups -OCH3 is 1. The zero-order valence-electron chi connectivity index (χ0n) is 16.6. The van der Waals surface area contributed by atoms with Crippen LogP contribution in [0.2, 0.25) is 0 Å². The number of aromatic nitrogens is 5. The lowest BCUT2D eigenvalue weighted by Crippen LogP contribution is -1.98. The van der Waals surface area contributed by atoms with Crippen molar-refractivity contribution in [3.63, 3.8) is 0 Å². The zero-order chi connectivity index (χ0) is 20.5. The first-order valence-corrected chi connectivity index (χ1v) is 9.55. The van der Waals surface area contributed by atoms with E-state index in [1.165, 1.54) is 0 Å². The molecule has 5 aromatic rings. The second kappa shape index (κ2) is 7.36. The van der Waals surface area contributed by atoms with Crippen LogP contribution in [0.25, 0.3) is 28.2 Å². The monoisotopic (exact) mass is 396 g/mol. The van der Waals surface area contributed by atoms with Gasteiger partial charge in [-0.25, -0.2) is 9.97 Å². The normalized spacial score (nSPS) is 11.0. The summed E-state index contributed by atoms with van der Waals surface area (Å²) < 4.78 is 9.25. The number of aryl methyl sites for hydroxylation is 1. The van der Waals surface area contributed by atoms with Gasteiger partial charge in [0.25, 0.3) is 0 Å². The third-order valence-electron chi connectivity index (χ3n) is 4.93. The maximum atomic E-state index is 5.42. The van der Waals surface area contributed by atoms with Crippen molar-refractivity contribution >= 4 is 17.2 Å². The van der Waals surface area contributed by atoms with E-state index in [0.717, 1.165) is 45.4 Å². The second-order valence-electron chi connectivity index (χ2n) is 6.92. The lowest BCUT2D eigenvalue weighted by Gasteiger charge is -2.11. The third kappa shape index (κ3) is 3.26. The van der Waals surface area contributed by atoms with E-state index in [4.69, 9.17) is 9.72 Å². The van der Waals surface area contributed by atoms with Crippen molar-refractivity contribution in [1.82, 2.24) is 24.1 Å². The van der Waals surface area contributed by atoms with Crippen molar-refractivity contribution < 1.29 is 4.74 Å². The summed E-state index contributed by atoms with van der Waals surface area (Å²) in [4.78, 5) is 9.36. The van der Waals surface area contributed by atoms with E-state index in [-0.39, 0.29) is 0 Å². The Kier molecular flexibility index (Phi) is 4.40. The molecule has 30 heavy (non-hydrogen) atoms. The Labute approximate surface area is 173 Å². The molecule has 0 spiro atoms. The highest BCUT2D eigenvalue weighted by molar-refractivity contribution is 5.70. The summed E-state index contributed by atoms with van der Waals surface area (Å²) in [7, 11) is 3.57. The van der Waals surface area contributed by atoms with Gasteiger partial charge in [-0.1, -0.05) is 18.2 Å². The molecule has 1 N–H and O–H groups in total. The number of anilines is 2. The first kappa shape index (κ1) is 17.9. The molecule has 0 aliphatic rings. The predicted molar refractivity (Wildman–Crippen MR) is 117 cm³/mol. The standard InChI is InChI=1S/C23H20N6O/c1-28-15-17(13-25-28)16-10-11-29-20(14-24-23(29)12-16)18-7-5-9-22(26-18)27-19-6-3-4-8-21(19)30-2/h3-15H,1-2H3,(H,26,27). The third-order valence-corrected chi connectivity index (χ3v) is 4.93. The van der Waals surface area contributed by atoms with Crippen LogP contribution < -0.4 is 10.1 Å². The number of para-hydroxylation sites is 2. The number of nitrogens with one attached hydrogen (secondary N) is 1. The van der Waals surface area contributed by atoms with E-state index in [2.05, 4.69) is 27.5 Å². The van der Waals surface area contributed by atoms with E-state index in [1.807, 2.05) is 78.7 Å². The van der Waals surface area contributed by atoms with Crippen molar-refractivity contribution in [2.75, 3.05) is 12.4 Å². The highest BCUT2D eigenvalue weighted by Gasteiger charge is 2.11. The van der Waals surface area contributed by atoms with Gasteiger partial charge in [-0.15, -0.1) is 0 Å². The molecule has 4 heterocycles. The molecule has 1 aromatic carbocycles. The maximum absolute atomic E-state index is 5.42. The van der Waals surface area contributed by atoms with Crippen LogP contribution in [0.5, 0.6) is 5.75 Å². The first-order valence-electron chi connectivity index (χ1n) is 9.55. The van der Waals surface area contributed by atoms with E-state index in [0.29, 0.717) is 0 Å². The highest BCUT2D eigenvalue weighted by Crippen LogP contribution is 2.28. The van der Waals surface area contributed by atoms with E-state index < -0.39 is 0 Å². The van der Waals surface area contributed by atoms with E-state index >= 15 is 0 Å². The van der Waals surface area contributed by atoms with Crippen LogP contribution in [-0.4, -0.2) is 31.3 Å². The average Bonchev–Trinajstić information content (AvgIpc) is 3.40. The minimum atomic E-state index is 0.735. The summed E-state index contributed by atoms with van der Waals surface area (Å²) in [6.07, 6.45) is 7.70. The fraction of sp³-hybridized carbons (Fsp3) is 0.0870. The largest absolute Gasteiger partial charge is 0.495 e. The van der Waals surface area contributed by atoms with Crippen molar-refractivity contribution in [3.05, 3.63) is 79.4 Å². The number of ether oxygens (including phenoxy) is 1. The van der Waals surface area contributed by atoms with Crippen LogP contribution in [0.4, 0.5) is 11.5 Å². The van der Waals surface area contributed by atoms with Gasteiger partial charge >= 0.3 is 0 Å². The molecule has 0 atom stereocenters. The Bertz CT molecular complexity index is 1340. The van der Waals surface area contributed by atoms with Gasteiger partial charge in [0, 0.05) is 25.0 Å². The number of nitrogens with zero attached hydrogens (tertiary/aromatic N) is 5. The van der Waals surface area contributed by atoms with Crippen LogP contribution in [0.15, 0.2) is 79.4 Å². The molecule has 0 aliphatic heterocycles. The minimum Gasteiger partial charge on any atom is -0.495 e. The van der Waals surface area contributed by atoms with Crippen molar-refractivity contribution in [2.45, 2.75) is 0 Å². The van der Waals surface area contributed by atoms with Gasteiger partial charge in [0.1, 0.15) is 17.2 Å². The molecule has 0 fully saturated rings. The number of hydrogen-bond donors (Lipinski definition) is 1. The molecule has 0 radical (unpaired) electrons. The first-order chi connectivity index (χ1) is 14.7.